The van der Waals surface area contributed by atoms with Crippen molar-refractivity contribution in [2.24, 2.45) is 7.05 Å². The first kappa shape index (κ1) is 21.8. The molecule has 0 spiro atoms. The summed E-state index contributed by atoms with van der Waals surface area (Å²) in [4.78, 5) is 18.0. The summed E-state index contributed by atoms with van der Waals surface area (Å²) in [5.74, 6) is -0.169. The molecule has 0 saturated carbocycles. The van der Waals surface area contributed by atoms with E-state index < -0.39 is 0 Å². The van der Waals surface area contributed by atoms with Gasteiger partial charge < -0.3 is 9.30 Å². The number of carbonyl (C=O) groups excluding carboxylic acids is 1. The van der Waals surface area contributed by atoms with Gasteiger partial charge in [0.05, 0.1) is 25.3 Å². The smallest absolute Gasteiger partial charge is 0.307 e. The van der Waals surface area contributed by atoms with Crippen LogP contribution in [0.5, 0.6) is 0 Å². The predicted octanol–water partition coefficient (Wildman–Crippen LogP) is 3.57. The average molecular weight is 430 g/mol. The van der Waals surface area contributed by atoms with Crippen LogP contribution in [0.25, 0.3) is 11.4 Å². The zero-order chi connectivity index (χ0) is 21.5. The quantitative estimate of drug-likeness (QED) is 0.383. The molecule has 0 aliphatic carbocycles. The molecule has 3 rings (SSSR count). The molecule has 0 atom stereocenters. The molecule has 30 heavy (non-hydrogen) atoms. The number of aromatic nitrogens is 4. The molecule has 0 fully saturated rings. The second-order valence-corrected chi connectivity index (χ2v) is 7.12. The predicted molar refractivity (Wildman–Crippen MR) is 113 cm³/mol. The zero-order valence-electron chi connectivity index (χ0n) is 17.0. The lowest BCUT2D eigenvalue weighted by molar-refractivity contribution is -0.143. The van der Waals surface area contributed by atoms with Gasteiger partial charge in [0.15, 0.2) is 10.6 Å². The van der Waals surface area contributed by atoms with Gasteiger partial charge in [-0.05, 0) is 42.9 Å². The fourth-order valence-electron chi connectivity index (χ4n) is 3.08. The standard InChI is InChI=1S/C21H24FN5O2S/c1-3-29-19(28)10-12-26(14-16-7-6-11-23-13-16)15-27-21(30)25(2)20(24-27)17-8-4-5-9-18(17)22/h4-9,11,13H,3,10,12,14-15H2,1-2H3. The Morgan fingerprint density at radius 2 is 2.07 bits per heavy atom. The fraction of sp³-hybridized carbons (Fsp3) is 0.333. The topological polar surface area (TPSA) is 65.2 Å². The molecule has 0 N–H and O–H groups in total. The van der Waals surface area contributed by atoms with Gasteiger partial charge in [-0.15, -0.1) is 0 Å². The minimum atomic E-state index is -0.359. The maximum Gasteiger partial charge on any atom is 0.307 e. The van der Waals surface area contributed by atoms with E-state index in [2.05, 4.69) is 10.1 Å². The van der Waals surface area contributed by atoms with Crippen LogP contribution in [-0.2, 0) is 29.8 Å². The third kappa shape index (κ3) is 5.37. The second kappa shape index (κ2) is 10.2. The minimum Gasteiger partial charge on any atom is -0.466 e. The van der Waals surface area contributed by atoms with Gasteiger partial charge in [0.25, 0.3) is 0 Å². The minimum absolute atomic E-state index is 0.244. The monoisotopic (exact) mass is 429 g/mol. The summed E-state index contributed by atoms with van der Waals surface area (Å²) < 4.78 is 23.1. The van der Waals surface area contributed by atoms with Gasteiger partial charge >= 0.3 is 5.97 Å². The molecule has 7 nitrogen and oxygen atoms in total. The summed E-state index contributed by atoms with van der Waals surface area (Å²) in [5.41, 5.74) is 1.38. The van der Waals surface area contributed by atoms with Crippen LogP contribution in [0.15, 0.2) is 48.8 Å². The summed E-state index contributed by atoms with van der Waals surface area (Å²) in [5, 5.41) is 4.55. The Kier molecular flexibility index (Phi) is 7.42. The van der Waals surface area contributed by atoms with Gasteiger partial charge in [0, 0.05) is 32.5 Å². The zero-order valence-corrected chi connectivity index (χ0v) is 17.8. The van der Waals surface area contributed by atoms with Crippen molar-refractivity contribution in [2.45, 2.75) is 26.6 Å². The van der Waals surface area contributed by atoms with Crippen molar-refractivity contribution in [1.82, 2.24) is 24.2 Å². The normalized spacial score (nSPS) is 11.1. The molecule has 0 amide bonds. The highest BCUT2D eigenvalue weighted by atomic mass is 32.1. The molecule has 0 aliphatic heterocycles. The van der Waals surface area contributed by atoms with Crippen molar-refractivity contribution in [3.63, 3.8) is 0 Å². The summed E-state index contributed by atoms with van der Waals surface area (Å²) >= 11 is 5.53. The molecule has 0 aliphatic rings. The van der Waals surface area contributed by atoms with Crippen molar-refractivity contribution in [3.05, 3.63) is 64.9 Å². The number of pyridine rings is 1. The van der Waals surface area contributed by atoms with E-state index in [-0.39, 0.29) is 18.2 Å². The summed E-state index contributed by atoms with van der Waals surface area (Å²) in [7, 11) is 1.76. The Hall–Kier alpha value is -2.91. The highest BCUT2D eigenvalue weighted by Gasteiger charge is 2.17. The first-order valence-electron chi connectivity index (χ1n) is 9.65. The van der Waals surface area contributed by atoms with E-state index in [9.17, 15) is 9.18 Å². The number of carbonyl (C=O) groups is 1. The molecule has 1 aromatic carbocycles. The van der Waals surface area contributed by atoms with Crippen LogP contribution in [0.2, 0.25) is 0 Å². The van der Waals surface area contributed by atoms with Gasteiger partial charge in [0.2, 0.25) is 0 Å². The second-order valence-electron chi connectivity index (χ2n) is 6.75. The Morgan fingerprint density at radius 1 is 1.27 bits per heavy atom. The number of ether oxygens (including phenoxy) is 1. The van der Waals surface area contributed by atoms with Crippen molar-refractivity contribution < 1.29 is 13.9 Å². The molecular formula is C21H24FN5O2S. The van der Waals surface area contributed by atoms with Crippen LogP contribution in [0.4, 0.5) is 4.39 Å². The molecular weight excluding hydrogens is 405 g/mol. The molecule has 9 heteroatoms. The molecule has 158 valence electrons. The van der Waals surface area contributed by atoms with Crippen molar-refractivity contribution in [1.29, 1.82) is 0 Å². The Labute approximate surface area is 179 Å². The van der Waals surface area contributed by atoms with E-state index in [1.165, 1.54) is 6.07 Å². The maximum atomic E-state index is 14.3. The molecule has 3 aromatic rings. The van der Waals surface area contributed by atoms with Crippen LogP contribution in [0.1, 0.15) is 18.9 Å². The van der Waals surface area contributed by atoms with Crippen LogP contribution < -0.4 is 0 Å². The first-order valence-corrected chi connectivity index (χ1v) is 10.1. The van der Waals surface area contributed by atoms with Crippen molar-refractivity contribution in [2.75, 3.05) is 13.2 Å². The van der Waals surface area contributed by atoms with E-state index >= 15 is 0 Å². The lowest BCUT2D eigenvalue weighted by Gasteiger charge is -2.21. The maximum absolute atomic E-state index is 14.3. The van der Waals surface area contributed by atoms with E-state index in [0.717, 1.165) is 5.56 Å². The highest BCUT2D eigenvalue weighted by Crippen LogP contribution is 2.21. The molecule has 2 aromatic heterocycles. The summed E-state index contributed by atoms with van der Waals surface area (Å²) in [6.07, 6.45) is 3.73. The molecule has 0 saturated heterocycles. The van der Waals surface area contributed by atoms with Gasteiger partial charge in [-0.2, -0.15) is 5.10 Å². The van der Waals surface area contributed by atoms with Crippen molar-refractivity contribution in [3.8, 4) is 11.4 Å². The number of nitrogens with zero attached hydrogens (tertiary/aromatic N) is 5. The van der Waals surface area contributed by atoms with E-state index in [1.807, 2.05) is 17.0 Å². The number of esters is 1. The SMILES string of the molecule is CCOC(=O)CCN(Cc1cccnc1)Cn1nc(-c2ccccc2F)n(C)c1=S. The first-order chi connectivity index (χ1) is 14.5. The number of rotatable bonds is 9. The Balaban J connectivity index is 1.84. The lowest BCUT2D eigenvalue weighted by atomic mass is 10.2. The van der Waals surface area contributed by atoms with Gasteiger partial charge in [-0.25, -0.2) is 9.07 Å². The Bertz CT molecular complexity index is 1050. The van der Waals surface area contributed by atoms with Crippen LogP contribution in [0, 0.1) is 10.6 Å². The molecule has 0 unspecified atom stereocenters. The summed E-state index contributed by atoms with van der Waals surface area (Å²) in [6.45, 7) is 3.48. The van der Waals surface area contributed by atoms with Crippen LogP contribution in [-0.4, -0.2) is 43.4 Å². The van der Waals surface area contributed by atoms with Gasteiger partial charge in [0.1, 0.15) is 5.82 Å². The van der Waals surface area contributed by atoms with E-state index in [1.54, 1.807) is 53.8 Å². The number of benzene rings is 1. The number of hydrogen-bond acceptors (Lipinski definition) is 6. The largest absolute Gasteiger partial charge is 0.466 e. The third-order valence-corrected chi connectivity index (χ3v) is 5.04. The summed E-state index contributed by atoms with van der Waals surface area (Å²) in [6, 6.07) is 10.3. The number of halogens is 1. The van der Waals surface area contributed by atoms with Crippen molar-refractivity contribution >= 4 is 18.2 Å². The fourth-order valence-corrected chi connectivity index (χ4v) is 3.26. The van der Waals surface area contributed by atoms with Gasteiger partial charge in [-0.1, -0.05) is 18.2 Å². The molecule has 0 radical (unpaired) electrons. The highest BCUT2D eigenvalue weighted by molar-refractivity contribution is 7.71. The van der Waals surface area contributed by atoms with E-state index in [0.29, 0.717) is 42.5 Å². The number of hydrogen-bond donors (Lipinski definition) is 0. The molecule has 2 heterocycles. The van der Waals surface area contributed by atoms with Crippen LogP contribution >= 0.6 is 12.2 Å². The third-order valence-electron chi connectivity index (χ3n) is 4.56. The average Bonchev–Trinajstić information content (AvgIpc) is 3.02. The molecule has 0 bridgehead atoms. The van der Waals surface area contributed by atoms with Crippen LogP contribution in [0.3, 0.4) is 0 Å². The van der Waals surface area contributed by atoms with Gasteiger partial charge in [-0.3, -0.25) is 14.7 Å². The van der Waals surface area contributed by atoms with E-state index in [4.69, 9.17) is 17.0 Å². The Morgan fingerprint density at radius 3 is 2.77 bits per heavy atom. The lowest BCUT2D eigenvalue weighted by Crippen LogP contribution is -2.29.